The Morgan fingerprint density at radius 2 is 0.846 bits per heavy atom. The van der Waals surface area contributed by atoms with E-state index < -0.39 is 0 Å². The van der Waals surface area contributed by atoms with Crippen molar-refractivity contribution in [2.24, 2.45) is 23.7 Å². The van der Waals surface area contributed by atoms with Crippen LogP contribution in [0.2, 0.25) is 0 Å². The summed E-state index contributed by atoms with van der Waals surface area (Å²) in [5, 5.41) is 0. The zero-order chi connectivity index (χ0) is 8.67. The maximum absolute atomic E-state index is 1.58. The average Bonchev–Trinajstić information content (AvgIpc) is 1.73. The molecule has 0 unspecified atom stereocenters. The average molecular weight is 178 g/mol. The van der Waals surface area contributed by atoms with Gasteiger partial charge in [-0.25, -0.2) is 0 Å². The Labute approximate surface area is 82.1 Å². The maximum atomic E-state index is 1.58. The first-order valence-corrected chi connectivity index (χ1v) is 6.45. The van der Waals surface area contributed by atoms with Gasteiger partial charge in [-0.3, -0.25) is 0 Å². The third kappa shape index (κ3) is 1.33. The molecule has 0 aromatic heterocycles. The molecule has 0 heteroatoms. The molecular weight excluding hydrogens is 156 g/mol. The Bertz CT molecular complexity index is 139. The van der Waals surface area contributed by atoms with Crippen LogP contribution in [0, 0.1) is 23.7 Å². The molecule has 0 bridgehead atoms. The number of rotatable bonds is 3. The minimum absolute atomic E-state index is 1.18. The number of hydrogen-bond donors (Lipinski definition) is 0. The lowest BCUT2D eigenvalue weighted by molar-refractivity contribution is 0.0123. The van der Waals surface area contributed by atoms with Crippen LogP contribution in [0.4, 0.5) is 0 Å². The Balaban J connectivity index is 1.64. The van der Waals surface area contributed by atoms with Crippen LogP contribution in [0.1, 0.15) is 57.8 Å². The van der Waals surface area contributed by atoms with Gasteiger partial charge in [-0.05, 0) is 23.7 Å². The van der Waals surface area contributed by atoms with E-state index in [9.17, 15) is 0 Å². The van der Waals surface area contributed by atoms with Crippen LogP contribution < -0.4 is 0 Å². The molecule has 3 aliphatic rings. The van der Waals surface area contributed by atoms with Crippen LogP contribution in [0.25, 0.3) is 0 Å². The van der Waals surface area contributed by atoms with E-state index in [2.05, 4.69) is 0 Å². The van der Waals surface area contributed by atoms with E-state index in [-0.39, 0.29) is 0 Å². The van der Waals surface area contributed by atoms with Crippen molar-refractivity contribution >= 4 is 0 Å². The summed E-state index contributed by atoms with van der Waals surface area (Å²) in [5.74, 6) is 4.72. The van der Waals surface area contributed by atoms with E-state index in [1.54, 1.807) is 57.8 Å². The molecule has 0 aromatic carbocycles. The monoisotopic (exact) mass is 178 g/mol. The normalized spacial score (nSPS) is 31.2. The molecule has 0 aromatic rings. The highest BCUT2D eigenvalue weighted by Gasteiger charge is 2.42. The third-order valence-corrected chi connectivity index (χ3v) is 5.08. The van der Waals surface area contributed by atoms with Crippen LogP contribution in [-0.4, -0.2) is 0 Å². The zero-order valence-electron chi connectivity index (χ0n) is 8.67. The lowest BCUT2D eigenvalue weighted by atomic mass is 9.56. The highest BCUT2D eigenvalue weighted by molar-refractivity contribution is 4.92. The topological polar surface area (TPSA) is 0 Å². The summed E-state index contributed by atoms with van der Waals surface area (Å²) in [5.41, 5.74) is 0. The Morgan fingerprint density at radius 3 is 1.00 bits per heavy atom. The van der Waals surface area contributed by atoms with Crippen molar-refractivity contribution in [3.63, 3.8) is 0 Å². The molecule has 3 saturated carbocycles. The lowest BCUT2D eigenvalue weighted by Crippen LogP contribution is -2.39. The molecule has 74 valence electrons. The predicted molar refractivity (Wildman–Crippen MR) is 55.5 cm³/mol. The molecule has 0 amide bonds. The van der Waals surface area contributed by atoms with Crippen molar-refractivity contribution in [2.75, 3.05) is 0 Å². The first kappa shape index (κ1) is 8.32. The van der Waals surface area contributed by atoms with Crippen molar-refractivity contribution in [1.82, 2.24) is 0 Å². The van der Waals surface area contributed by atoms with Crippen molar-refractivity contribution in [3.05, 3.63) is 0 Å². The lowest BCUT2D eigenvalue weighted by Gasteiger charge is -2.49. The standard InChI is InChI=1S/C13H22/c1-4-10(5-1)13(11-6-2-7-11)12-8-3-9-12/h10-13H,1-9H2. The molecule has 0 N–H and O–H groups in total. The molecule has 3 fully saturated rings. The van der Waals surface area contributed by atoms with Crippen molar-refractivity contribution in [3.8, 4) is 0 Å². The van der Waals surface area contributed by atoms with E-state index in [1.165, 1.54) is 23.7 Å². The third-order valence-electron chi connectivity index (χ3n) is 5.08. The van der Waals surface area contributed by atoms with Gasteiger partial charge in [0.2, 0.25) is 0 Å². The van der Waals surface area contributed by atoms with Gasteiger partial charge in [0.05, 0.1) is 0 Å². The predicted octanol–water partition coefficient (Wildman–Crippen LogP) is 4.00. The minimum Gasteiger partial charge on any atom is -0.0528 e. The molecule has 3 rings (SSSR count). The fourth-order valence-corrected chi connectivity index (χ4v) is 3.63. The largest absolute Gasteiger partial charge is 0.0528 e. The minimum atomic E-state index is 1.18. The molecule has 0 radical (unpaired) electrons. The summed E-state index contributed by atoms with van der Waals surface area (Å²) in [6.45, 7) is 0. The molecule has 0 aliphatic heterocycles. The second-order valence-corrected chi connectivity index (χ2v) is 5.65. The molecule has 0 heterocycles. The summed E-state index contributed by atoms with van der Waals surface area (Å²) in [6.07, 6.45) is 14.1. The summed E-state index contributed by atoms with van der Waals surface area (Å²) in [4.78, 5) is 0. The Kier molecular flexibility index (Phi) is 2.11. The van der Waals surface area contributed by atoms with Gasteiger partial charge in [-0.1, -0.05) is 57.8 Å². The van der Waals surface area contributed by atoms with E-state index >= 15 is 0 Å². The Hall–Kier alpha value is 0. The quantitative estimate of drug-likeness (QED) is 0.612. The fraction of sp³-hybridized carbons (Fsp3) is 1.00. The van der Waals surface area contributed by atoms with Gasteiger partial charge in [0, 0.05) is 0 Å². The summed E-state index contributed by atoms with van der Waals surface area (Å²) < 4.78 is 0. The highest BCUT2D eigenvalue weighted by Crippen LogP contribution is 2.52. The van der Waals surface area contributed by atoms with Gasteiger partial charge in [0.15, 0.2) is 0 Å². The summed E-state index contributed by atoms with van der Waals surface area (Å²) in [6, 6.07) is 0. The first-order valence-electron chi connectivity index (χ1n) is 6.45. The maximum Gasteiger partial charge on any atom is -0.0329 e. The van der Waals surface area contributed by atoms with Crippen LogP contribution in [0.5, 0.6) is 0 Å². The fourth-order valence-electron chi connectivity index (χ4n) is 3.63. The van der Waals surface area contributed by atoms with Crippen molar-refractivity contribution < 1.29 is 0 Å². The molecule has 0 saturated heterocycles. The second-order valence-electron chi connectivity index (χ2n) is 5.65. The van der Waals surface area contributed by atoms with E-state index in [0.29, 0.717) is 0 Å². The van der Waals surface area contributed by atoms with E-state index in [4.69, 9.17) is 0 Å². The van der Waals surface area contributed by atoms with E-state index in [0.717, 1.165) is 0 Å². The molecule has 13 heavy (non-hydrogen) atoms. The zero-order valence-corrected chi connectivity index (χ0v) is 8.67. The van der Waals surface area contributed by atoms with Crippen molar-refractivity contribution in [1.29, 1.82) is 0 Å². The van der Waals surface area contributed by atoms with Gasteiger partial charge < -0.3 is 0 Å². The smallest absolute Gasteiger partial charge is 0.0329 e. The van der Waals surface area contributed by atoms with Gasteiger partial charge in [0.25, 0.3) is 0 Å². The molecular formula is C13H22. The van der Waals surface area contributed by atoms with Crippen LogP contribution in [0.15, 0.2) is 0 Å². The van der Waals surface area contributed by atoms with Gasteiger partial charge in [-0.2, -0.15) is 0 Å². The van der Waals surface area contributed by atoms with Crippen LogP contribution >= 0.6 is 0 Å². The highest BCUT2D eigenvalue weighted by atomic mass is 14.5. The molecule has 3 aliphatic carbocycles. The second kappa shape index (κ2) is 3.29. The van der Waals surface area contributed by atoms with Gasteiger partial charge in [0.1, 0.15) is 0 Å². The summed E-state index contributed by atoms with van der Waals surface area (Å²) >= 11 is 0. The summed E-state index contributed by atoms with van der Waals surface area (Å²) in [7, 11) is 0. The Morgan fingerprint density at radius 1 is 0.538 bits per heavy atom. The van der Waals surface area contributed by atoms with Crippen LogP contribution in [-0.2, 0) is 0 Å². The molecule has 0 atom stereocenters. The van der Waals surface area contributed by atoms with Crippen molar-refractivity contribution in [2.45, 2.75) is 57.8 Å². The van der Waals surface area contributed by atoms with Gasteiger partial charge >= 0.3 is 0 Å². The number of hydrogen-bond acceptors (Lipinski definition) is 0. The molecule has 0 nitrogen and oxygen atoms in total. The van der Waals surface area contributed by atoms with Crippen LogP contribution in [0.3, 0.4) is 0 Å². The van der Waals surface area contributed by atoms with E-state index in [1.807, 2.05) is 0 Å². The SMILES string of the molecule is C1CC(C(C2CCC2)C2CCC2)C1. The van der Waals surface area contributed by atoms with Gasteiger partial charge in [-0.15, -0.1) is 0 Å². The first-order chi connectivity index (χ1) is 6.45. The molecule has 0 spiro atoms.